The van der Waals surface area contributed by atoms with Crippen molar-refractivity contribution in [3.8, 4) is 0 Å². The molecule has 0 aliphatic carbocycles. The van der Waals surface area contributed by atoms with Crippen molar-refractivity contribution in [2.45, 2.75) is 13.1 Å². The van der Waals surface area contributed by atoms with Crippen molar-refractivity contribution in [3.05, 3.63) is 0 Å². The predicted octanol–water partition coefficient (Wildman–Crippen LogP) is 1.55. The summed E-state index contributed by atoms with van der Waals surface area (Å²) in [6, 6.07) is 0. The SMILES string of the molecule is CCOP(=O)(O)OCC(F)(F)F.[H-].[H-].[Mg+2]. The third-order valence-corrected chi connectivity index (χ3v) is 1.72. The second-order valence-corrected chi connectivity index (χ2v) is 3.23. The molecule has 0 aliphatic heterocycles. The summed E-state index contributed by atoms with van der Waals surface area (Å²) in [5.41, 5.74) is 0. The van der Waals surface area contributed by atoms with Gasteiger partial charge in [-0.1, -0.05) is 0 Å². The van der Waals surface area contributed by atoms with E-state index in [-0.39, 0.29) is 32.5 Å². The Labute approximate surface area is 92.1 Å². The molecule has 0 rings (SSSR count). The molecule has 0 bridgehead atoms. The van der Waals surface area contributed by atoms with Crippen LogP contribution in [0.1, 0.15) is 9.78 Å². The van der Waals surface area contributed by atoms with E-state index in [2.05, 4.69) is 9.05 Å². The van der Waals surface area contributed by atoms with E-state index in [0.29, 0.717) is 0 Å². The molecule has 0 saturated carbocycles. The molecule has 0 spiro atoms. The van der Waals surface area contributed by atoms with Crippen molar-refractivity contribution in [2.24, 2.45) is 0 Å². The Morgan fingerprint density at radius 1 is 1.46 bits per heavy atom. The van der Waals surface area contributed by atoms with Gasteiger partial charge in [-0.25, -0.2) is 4.57 Å². The number of halogens is 3. The van der Waals surface area contributed by atoms with Crippen LogP contribution in [0.5, 0.6) is 0 Å². The zero-order valence-corrected chi connectivity index (χ0v) is 9.18. The van der Waals surface area contributed by atoms with Crippen molar-refractivity contribution in [2.75, 3.05) is 13.2 Å². The summed E-state index contributed by atoms with van der Waals surface area (Å²) in [6.07, 6.45) is -4.63. The maximum atomic E-state index is 11.4. The Morgan fingerprint density at radius 2 is 1.92 bits per heavy atom. The molecule has 0 aromatic rings. The zero-order chi connectivity index (χ0) is 9.83. The minimum Gasteiger partial charge on any atom is -1.00 e. The summed E-state index contributed by atoms with van der Waals surface area (Å²) in [7, 11) is -4.51. The molecule has 0 aromatic carbocycles. The van der Waals surface area contributed by atoms with Gasteiger partial charge < -0.3 is 7.75 Å². The number of phosphoric acid groups is 1. The molecule has 78 valence electrons. The van der Waals surface area contributed by atoms with Crippen LogP contribution in [0.25, 0.3) is 0 Å². The molecular formula is C4H10F3MgO4P. The quantitative estimate of drug-likeness (QED) is 0.592. The molecule has 1 N–H and O–H groups in total. The standard InChI is InChI=1S/C4H8F3O4P.Mg.2H/c1-2-10-12(8,9)11-3-4(5,6)7;;;/h2-3H2,1H3,(H,8,9);;;/q;+2;2*-1. The average Bonchev–Trinajstić information content (AvgIpc) is 1.83. The number of alkyl halides is 3. The Hall–Kier alpha value is 0.666. The van der Waals surface area contributed by atoms with Crippen LogP contribution in [0.4, 0.5) is 13.2 Å². The summed E-state index contributed by atoms with van der Waals surface area (Å²) in [4.78, 5) is 8.49. The van der Waals surface area contributed by atoms with Gasteiger partial charge in [0.25, 0.3) is 0 Å². The fourth-order valence-corrected chi connectivity index (χ4v) is 1.07. The fraction of sp³-hybridized carbons (Fsp3) is 1.00. The first-order valence-corrected chi connectivity index (χ1v) is 4.45. The van der Waals surface area contributed by atoms with Crippen molar-refractivity contribution < 1.29 is 34.5 Å². The van der Waals surface area contributed by atoms with Crippen molar-refractivity contribution in [1.82, 2.24) is 0 Å². The summed E-state index contributed by atoms with van der Waals surface area (Å²) in [5.74, 6) is 0. The number of phosphoric ester groups is 1. The van der Waals surface area contributed by atoms with Crippen LogP contribution in [0.15, 0.2) is 0 Å². The minimum atomic E-state index is -4.63. The van der Waals surface area contributed by atoms with Crippen LogP contribution in [0.2, 0.25) is 0 Å². The average molecular weight is 234 g/mol. The molecule has 0 heterocycles. The Balaban J connectivity index is -0.000000202. The second-order valence-electron chi connectivity index (χ2n) is 1.77. The van der Waals surface area contributed by atoms with E-state index in [1.165, 1.54) is 6.92 Å². The van der Waals surface area contributed by atoms with Gasteiger partial charge in [0.1, 0.15) is 0 Å². The molecule has 0 radical (unpaired) electrons. The Morgan fingerprint density at radius 3 is 2.23 bits per heavy atom. The van der Waals surface area contributed by atoms with Crippen LogP contribution in [-0.4, -0.2) is 47.3 Å². The van der Waals surface area contributed by atoms with Gasteiger partial charge in [0.2, 0.25) is 0 Å². The van der Waals surface area contributed by atoms with Gasteiger partial charge in [-0.3, -0.25) is 9.05 Å². The predicted molar refractivity (Wildman–Crippen MR) is 41.4 cm³/mol. The minimum absolute atomic E-state index is 0. The second kappa shape index (κ2) is 6.21. The summed E-state index contributed by atoms with van der Waals surface area (Å²) in [6.45, 7) is -0.619. The summed E-state index contributed by atoms with van der Waals surface area (Å²) >= 11 is 0. The fourth-order valence-electron chi connectivity index (χ4n) is 0.355. The van der Waals surface area contributed by atoms with Gasteiger partial charge in [-0.15, -0.1) is 0 Å². The molecule has 0 fully saturated rings. The van der Waals surface area contributed by atoms with E-state index in [1.54, 1.807) is 0 Å². The molecule has 0 aliphatic rings. The molecule has 0 amide bonds. The smallest absolute Gasteiger partial charge is 1.00 e. The van der Waals surface area contributed by atoms with E-state index >= 15 is 0 Å². The number of rotatable bonds is 4. The van der Waals surface area contributed by atoms with E-state index in [9.17, 15) is 17.7 Å². The Bertz CT molecular complexity index is 193. The molecule has 1 atom stereocenters. The van der Waals surface area contributed by atoms with Crippen molar-refractivity contribution in [1.29, 1.82) is 0 Å². The van der Waals surface area contributed by atoms with Gasteiger partial charge in [-0.2, -0.15) is 13.2 Å². The van der Waals surface area contributed by atoms with Crippen molar-refractivity contribution >= 4 is 30.9 Å². The van der Waals surface area contributed by atoms with Gasteiger partial charge in [0.05, 0.1) is 6.61 Å². The first-order chi connectivity index (χ1) is 5.27. The molecular weight excluding hydrogens is 224 g/mol. The first-order valence-electron chi connectivity index (χ1n) is 2.95. The van der Waals surface area contributed by atoms with Crippen LogP contribution >= 0.6 is 7.82 Å². The summed E-state index contributed by atoms with van der Waals surface area (Å²) in [5, 5.41) is 0. The Kier molecular flexibility index (Phi) is 7.69. The number of hydrogen-bond donors (Lipinski definition) is 1. The monoisotopic (exact) mass is 234 g/mol. The zero-order valence-electron chi connectivity index (χ0n) is 8.87. The van der Waals surface area contributed by atoms with Crippen LogP contribution in [0.3, 0.4) is 0 Å². The van der Waals surface area contributed by atoms with Gasteiger partial charge in [0.15, 0.2) is 6.61 Å². The van der Waals surface area contributed by atoms with Gasteiger partial charge in [-0.05, 0) is 6.92 Å². The first kappa shape index (κ1) is 16.1. The van der Waals surface area contributed by atoms with E-state index in [0.717, 1.165) is 0 Å². The maximum Gasteiger partial charge on any atom is 2.00 e. The normalized spacial score (nSPS) is 16.1. The molecule has 1 unspecified atom stereocenters. The largest absolute Gasteiger partial charge is 2.00 e. The number of hydrogen-bond acceptors (Lipinski definition) is 3. The van der Waals surface area contributed by atoms with E-state index < -0.39 is 20.6 Å². The van der Waals surface area contributed by atoms with Crippen LogP contribution in [0, 0.1) is 0 Å². The molecule has 0 saturated heterocycles. The maximum absolute atomic E-state index is 11.4. The molecule has 9 heteroatoms. The summed E-state index contributed by atoms with van der Waals surface area (Å²) < 4.78 is 52.3. The molecule has 13 heavy (non-hydrogen) atoms. The molecule has 4 nitrogen and oxygen atoms in total. The van der Waals surface area contributed by atoms with E-state index in [1.807, 2.05) is 0 Å². The van der Waals surface area contributed by atoms with E-state index in [4.69, 9.17) is 4.89 Å². The molecule has 0 aromatic heterocycles. The van der Waals surface area contributed by atoms with Crippen LogP contribution < -0.4 is 0 Å². The van der Waals surface area contributed by atoms with Crippen molar-refractivity contribution in [3.63, 3.8) is 0 Å². The third-order valence-electron chi connectivity index (χ3n) is 0.684. The van der Waals surface area contributed by atoms with Crippen LogP contribution in [-0.2, 0) is 13.6 Å². The third kappa shape index (κ3) is 10.6. The van der Waals surface area contributed by atoms with Gasteiger partial charge in [0, 0.05) is 0 Å². The topological polar surface area (TPSA) is 55.8 Å². The van der Waals surface area contributed by atoms with Gasteiger partial charge >= 0.3 is 37.1 Å².